The van der Waals surface area contributed by atoms with Gasteiger partial charge in [-0.1, -0.05) is 37.3 Å². The van der Waals surface area contributed by atoms with Crippen LogP contribution in [-0.4, -0.2) is 21.0 Å². The Morgan fingerprint density at radius 1 is 1.24 bits per heavy atom. The number of hydrogen-bond donors (Lipinski definition) is 1. The molecule has 1 N–H and O–H groups in total. The third-order valence-electron chi connectivity index (χ3n) is 4.75. The summed E-state index contributed by atoms with van der Waals surface area (Å²) in [5.74, 6) is 0. The molecule has 1 heterocycles. The maximum atomic E-state index is 10.8. The van der Waals surface area contributed by atoms with Crippen LogP contribution in [0.4, 0.5) is 0 Å². The first-order valence-corrected chi connectivity index (χ1v) is 7.99. The summed E-state index contributed by atoms with van der Waals surface area (Å²) in [6.07, 6.45) is 3.47. The summed E-state index contributed by atoms with van der Waals surface area (Å²) in [6, 6.07) is 12.6. The maximum absolute atomic E-state index is 10.8. The van der Waals surface area contributed by atoms with E-state index in [9.17, 15) is 5.11 Å². The third kappa shape index (κ3) is 2.62. The van der Waals surface area contributed by atoms with E-state index < -0.39 is 0 Å². The molecule has 1 aliphatic carbocycles. The van der Waals surface area contributed by atoms with E-state index in [1.807, 2.05) is 10.7 Å². The van der Waals surface area contributed by atoms with Gasteiger partial charge in [-0.2, -0.15) is 5.10 Å². The zero-order chi connectivity index (χ0) is 14.9. The number of aliphatic hydroxyl groups excluding tert-OH is 1. The molecule has 0 spiro atoms. The Kier molecular flexibility index (Phi) is 3.85. The van der Waals surface area contributed by atoms with Crippen LogP contribution in [0.15, 0.2) is 36.4 Å². The SMILES string of the molecule is CCc1cc(CC(O)C2(c3ccccc3)CC2)n(CC)n1. The molecule has 1 unspecified atom stereocenters. The molecule has 0 radical (unpaired) electrons. The fraction of sp³-hybridized carbons (Fsp3) is 0.500. The van der Waals surface area contributed by atoms with Crippen LogP contribution >= 0.6 is 0 Å². The molecule has 1 aromatic heterocycles. The van der Waals surface area contributed by atoms with E-state index in [-0.39, 0.29) is 11.5 Å². The van der Waals surface area contributed by atoms with E-state index in [2.05, 4.69) is 49.3 Å². The lowest BCUT2D eigenvalue weighted by atomic mass is 9.87. The van der Waals surface area contributed by atoms with E-state index in [1.165, 1.54) is 5.56 Å². The van der Waals surface area contributed by atoms with Crippen molar-refractivity contribution in [2.45, 2.75) is 57.6 Å². The first-order chi connectivity index (χ1) is 10.2. The van der Waals surface area contributed by atoms with Crippen LogP contribution in [-0.2, 0) is 24.8 Å². The molecule has 1 aliphatic rings. The number of aromatic nitrogens is 2. The highest BCUT2D eigenvalue weighted by molar-refractivity contribution is 5.33. The van der Waals surface area contributed by atoms with E-state index in [0.29, 0.717) is 6.42 Å². The van der Waals surface area contributed by atoms with Gasteiger partial charge in [-0.25, -0.2) is 0 Å². The van der Waals surface area contributed by atoms with Crippen molar-refractivity contribution < 1.29 is 5.11 Å². The predicted octanol–water partition coefficient (Wildman–Crippen LogP) is 3.10. The van der Waals surface area contributed by atoms with Gasteiger partial charge in [-0.3, -0.25) is 4.68 Å². The third-order valence-corrected chi connectivity index (χ3v) is 4.75. The molecule has 112 valence electrons. The standard InChI is InChI=1S/C18H24N2O/c1-3-15-12-16(20(4-2)19-15)13-17(21)18(10-11-18)14-8-6-5-7-9-14/h5-9,12,17,21H,3-4,10-11,13H2,1-2H3. The lowest BCUT2D eigenvalue weighted by molar-refractivity contribution is 0.129. The van der Waals surface area contributed by atoms with Gasteiger partial charge >= 0.3 is 0 Å². The minimum Gasteiger partial charge on any atom is -0.392 e. The first kappa shape index (κ1) is 14.3. The van der Waals surface area contributed by atoms with Gasteiger partial charge in [-0.15, -0.1) is 0 Å². The lowest BCUT2D eigenvalue weighted by Crippen LogP contribution is -2.29. The van der Waals surface area contributed by atoms with Crippen molar-refractivity contribution in [3.63, 3.8) is 0 Å². The van der Waals surface area contributed by atoms with Crippen molar-refractivity contribution in [3.05, 3.63) is 53.3 Å². The second kappa shape index (κ2) is 5.64. The highest BCUT2D eigenvalue weighted by Gasteiger charge is 2.50. The molecule has 0 saturated heterocycles. The number of aryl methyl sites for hydroxylation is 2. The van der Waals surface area contributed by atoms with Crippen molar-refractivity contribution >= 4 is 0 Å². The lowest BCUT2D eigenvalue weighted by Gasteiger charge is -2.23. The molecule has 3 nitrogen and oxygen atoms in total. The summed E-state index contributed by atoms with van der Waals surface area (Å²) in [4.78, 5) is 0. The molecular formula is C18H24N2O. The Morgan fingerprint density at radius 3 is 2.52 bits per heavy atom. The van der Waals surface area contributed by atoms with E-state index >= 15 is 0 Å². The van der Waals surface area contributed by atoms with Crippen molar-refractivity contribution in [2.24, 2.45) is 0 Å². The van der Waals surface area contributed by atoms with E-state index in [0.717, 1.165) is 37.2 Å². The molecule has 0 bridgehead atoms. The van der Waals surface area contributed by atoms with Gasteiger partial charge in [0.1, 0.15) is 0 Å². The van der Waals surface area contributed by atoms with Crippen molar-refractivity contribution in [1.82, 2.24) is 9.78 Å². The van der Waals surface area contributed by atoms with Gasteiger partial charge in [0, 0.05) is 24.1 Å². The van der Waals surface area contributed by atoms with Gasteiger partial charge in [-0.05, 0) is 37.8 Å². The molecule has 21 heavy (non-hydrogen) atoms. The summed E-state index contributed by atoms with van der Waals surface area (Å²) < 4.78 is 2.03. The summed E-state index contributed by atoms with van der Waals surface area (Å²) in [5.41, 5.74) is 3.51. The number of benzene rings is 1. The summed E-state index contributed by atoms with van der Waals surface area (Å²) in [5, 5.41) is 15.4. The topological polar surface area (TPSA) is 38.0 Å². The Bertz CT molecular complexity index is 599. The summed E-state index contributed by atoms with van der Waals surface area (Å²) >= 11 is 0. The number of aliphatic hydroxyl groups is 1. The number of nitrogens with zero attached hydrogens (tertiary/aromatic N) is 2. The minimum absolute atomic E-state index is 0.0313. The second-order valence-electron chi connectivity index (χ2n) is 6.04. The average molecular weight is 284 g/mol. The minimum atomic E-state index is -0.327. The van der Waals surface area contributed by atoms with Crippen LogP contribution in [0.3, 0.4) is 0 Å². The molecule has 1 atom stereocenters. The smallest absolute Gasteiger partial charge is 0.0692 e. The maximum Gasteiger partial charge on any atom is 0.0692 e. The zero-order valence-electron chi connectivity index (χ0n) is 12.9. The molecule has 2 aromatic rings. The number of hydrogen-bond acceptors (Lipinski definition) is 2. The molecule has 3 rings (SSSR count). The quantitative estimate of drug-likeness (QED) is 0.885. The van der Waals surface area contributed by atoms with Crippen LogP contribution in [0.25, 0.3) is 0 Å². The Hall–Kier alpha value is -1.61. The Balaban J connectivity index is 1.81. The molecule has 0 amide bonds. The molecule has 3 heteroatoms. The van der Waals surface area contributed by atoms with Crippen molar-refractivity contribution in [3.8, 4) is 0 Å². The summed E-state index contributed by atoms with van der Waals surface area (Å²) in [6.45, 7) is 5.09. The van der Waals surface area contributed by atoms with Crippen LogP contribution < -0.4 is 0 Å². The predicted molar refractivity (Wildman–Crippen MR) is 84.3 cm³/mol. The summed E-state index contributed by atoms with van der Waals surface area (Å²) in [7, 11) is 0. The van der Waals surface area contributed by atoms with Crippen molar-refractivity contribution in [1.29, 1.82) is 0 Å². The first-order valence-electron chi connectivity index (χ1n) is 7.99. The zero-order valence-corrected chi connectivity index (χ0v) is 12.9. The molecular weight excluding hydrogens is 260 g/mol. The van der Waals surface area contributed by atoms with Gasteiger partial charge in [0.15, 0.2) is 0 Å². The van der Waals surface area contributed by atoms with Crippen LogP contribution in [0.1, 0.15) is 43.6 Å². The molecule has 1 fully saturated rings. The van der Waals surface area contributed by atoms with Crippen LogP contribution in [0.5, 0.6) is 0 Å². The highest BCUT2D eigenvalue weighted by Crippen LogP contribution is 2.51. The average Bonchev–Trinajstić information content (AvgIpc) is 3.25. The fourth-order valence-corrected chi connectivity index (χ4v) is 3.24. The largest absolute Gasteiger partial charge is 0.392 e. The Morgan fingerprint density at radius 2 is 1.95 bits per heavy atom. The Labute approximate surface area is 126 Å². The number of rotatable bonds is 6. The monoisotopic (exact) mass is 284 g/mol. The van der Waals surface area contributed by atoms with Crippen LogP contribution in [0.2, 0.25) is 0 Å². The molecule has 1 aromatic carbocycles. The van der Waals surface area contributed by atoms with E-state index in [1.54, 1.807) is 0 Å². The van der Waals surface area contributed by atoms with Gasteiger partial charge in [0.2, 0.25) is 0 Å². The van der Waals surface area contributed by atoms with Gasteiger partial charge in [0.25, 0.3) is 0 Å². The van der Waals surface area contributed by atoms with E-state index in [4.69, 9.17) is 0 Å². The van der Waals surface area contributed by atoms with Crippen LogP contribution in [0, 0.1) is 0 Å². The fourth-order valence-electron chi connectivity index (χ4n) is 3.24. The van der Waals surface area contributed by atoms with Gasteiger partial charge in [0.05, 0.1) is 11.8 Å². The van der Waals surface area contributed by atoms with Crippen molar-refractivity contribution in [2.75, 3.05) is 0 Å². The second-order valence-corrected chi connectivity index (χ2v) is 6.04. The molecule has 1 saturated carbocycles. The normalized spacial score (nSPS) is 17.7. The highest BCUT2D eigenvalue weighted by atomic mass is 16.3. The molecule has 0 aliphatic heterocycles. The van der Waals surface area contributed by atoms with Gasteiger partial charge < -0.3 is 5.11 Å².